The smallest absolute Gasteiger partial charge is 0.0418 e. The molecule has 1 nitrogen and oxygen atoms in total. The fraction of sp³-hybridized carbons (Fsp3) is 0.385. The molecule has 2 heteroatoms. The van der Waals surface area contributed by atoms with Crippen LogP contribution in [-0.2, 0) is 0 Å². The second kappa shape index (κ2) is 3.62. The highest BCUT2D eigenvalue weighted by molar-refractivity contribution is 7.19. The lowest BCUT2D eigenvalue weighted by atomic mass is 10.1. The SMILES string of the molecule is Cc1c(C2CCCN2)sc2ccccc12. The lowest BCUT2D eigenvalue weighted by molar-refractivity contribution is 0.657. The zero-order chi connectivity index (χ0) is 10.3. The van der Waals surface area contributed by atoms with Crippen LogP contribution in [0.4, 0.5) is 0 Å². The monoisotopic (exact) mass is 217 g/mol. The van der Waals surface area contributed by atoms with Gasteiger partial charge in [-0.1, -0.05) is 18.2 Å². The van der Waals surface area contributed by atoms with Crippen LogP contribution in [-0.4, -0.2) is 6.54 Å². The molecule has 1 N–H and O–H groups in total. The van der Waals surface area contributed by atoms with E-state index < -0.39 is 0 Å². The molecule has 0 saturated carbocycles. The Hall–Kier alpha value is -0.860. The number of benzene rings is 1. The van der Waals surface area contributed by atoms with E-state index in [0.29, 0.717) is 6.04 Å². The molecule has 2 aromatic rings. The number of thiophene rings is 1. The summed E-state index contributed by atoms with van der Waals surface area (Å²) in [7, 11) is 0. The second-order valence-corrected chi connectivity index (χ2v) is 5.32. The van der Waals surface area contributed by atoms with Crippen LogP contribution in [0.2, 0.25) is 0 Å². The Bertz CT molecular complexity index is 480. The lowest BCUT2D eigenvalue weighted by Crippen LogP contribution is -2.12. The lowest BCUT2D eigenvalue weighted by Gasteiger charge is -2.08. The molecule has 0 radical (unpaired) electrons. The van der Waals surface area contributed by atoms with Crippen molar-refractivity contribution in [2.75, 3.05) is 6.54 Å². The molecule has 1 fully saturated rings. The van der Waals surface area contributed by atoms with Gasteiger partial charge in [0.2, 0.25) is 0 Å². The van der Waals surface area contributed by atoms with E-state index in [1.165, 1.54) is 35.0 Å². The zero-order valence-electron chi connectivity index (χ0n) is 8.92. The summed E-state index contributed by atoms with van der Waals surface area (Å²) in [6.07, 6.45) is 2.62. The van der Waals surface area contributed by atoms with Crippen molar-refractivity contribution in [2.45, 2.75) is 25.8 Å². The number of hydrogen-bond donors (Lipinski definition) is 1. The molecule has 1 aromatic heterocycles. The normalized spacial score (nSPS) is 21.3. The average Bonchev–Trinajstić information content (AvgIpc) is 2.87. The third kappa shape index (κ3) is 1.48. The predicted octanol–water partition coefficient (Wildman–Crippen LogP) is 3.63. The molecule has 0 spiro atoms. The minimum Gasteiger partial charge on any atom is -0.309 e. The van der Waals surface area contributed by atoms with Crippen molar-refractivity contribution in [2.24, 2.45) is 0 Å². The Morgan fingerprint density at radius 1 is 1.33 bits per heavy atom. The summed E-state index contributed by atoms with van der Waals surface area (Å²) in [5.74, 6) is 0. The van der Waals surface area contributed by atoms with Crippen molar-refractivity contribution < 1.29 is 0 Å². The highest BCUT2D eigenvalue weighted by Crippen LogP contribution is 2.37. The topological polar surface area (TPSA) is 12.0 Å². The van der Waals surface area contributed by atoms with Crippen molar-refractivity contribution >= 4 is 21.4 Å². The number of nitrogens with one attached hydrogen (secondary N) is 1. The molecule has 1 atom stereocenters. The van der Waals surface area contributed by atoms with Gasteiger partial charge >= 0.3 is 0 Å². The molecule has 2 heterocycles. The van der Waals surface area contributed by atoms with Gasteiger partial charge in [-0.25, -0.2) is 0 Å². The van der Waals surface area contributed by atoms with Gasteiger partial charge in [0.25, 0.3) is 0 Å². The van der Waals surface area contributed by atoms with Gasteiger partial charge in [0, 0.05) is 15.6 Å². The fourth-order valence-corrected chi connectivity index (χ4v) is 3.76. The van der Waals surface area contributed by atoms with E-state index in [0.717, 1.165) is 0 Å². The van der Waals surface area contributed by atoms with Crippen LogP contribution in [0.1, 0.15) is 29.3 Å². The Labute approximate surface area is 94.1 Å². The molecule has 1 aliphatic heterocycles. The van der Waals surface area contributed by atoms with E-state index in [-0.39, 0.29) is 0 Å². The fourth-order valence-electron chi connectivity index (χ4n) is 2.43. The molecule has 15 heavy (non-hydrogen) atoms. The van der Waals surface area contributed by atoms with Gasteiger partial charge in [-0.05, 0) is 43.3 Å². The van der Waals surface area contributed by atoms with Gasteiger partial charge in [0.15, 0.2) is 0 Å². The maximum absolute atomic E-state index is 3.59. The third-order valence-electron chi connectivity index (χ3n) is 3.26. The first-order chi connectivity index (χ1) is 7.36. The van der Waals surface area contributed by atoms with Gasteiger partial charge < -0.3 is 5.32 Å². The quantitative estimate of drug-likeness (QED) is 0.769. The molecule has 1 unspecified atom stereocenters. The van der Waals surface area contributed by atoms with E-state index in [2.05, 4.69) is 36.5 Å². The molecule has 0 bridgehead atoms. The summed E-state index contributed by atoms with van der Waals surface area (Å²) in [4.78, 5) is 1.55. The van der Waals surface area contributed by atoms with Crippen molar-refractivity contribution in [3.63, 3.8) is 0 Å². The molecule has 78 valence electrons. The maximum atomic E-state index is 3.59. The van der Waals surface area contributed by atoms with Gasteiger partial charge in [0.1, 0.15) is 0 Å². The number of fused-ring (bicyclic) bond motifs is 1. The highest BCUT2D eigenvalue weighted by atomic mass is 32.1. The van der Waals surface area contributed by atoms with Crippen LogP contribution in [0.5, 0.6) is 0 Å². The van der Waals surface area contributed by atoms with E-state index >= 15 is 0 Å². The van der Waals surface area contributed by atoms with Crippen molar-refractivity contribution in [1.82, 2.24) is 5.32 Å². The first-order valence-corrected chi connectivity index (χ1v) is 6.39. The maximum Gasteiger partial charge on any atom is 0.0418 e. The Morgan fingerprint density at radius 2 is 2.20 bits per heavy atom. The van der Waals surface area contributed by atoms with Gasteiger partial charge in [-0.3, -0.25) is 0 Å². The van der Waals surface area contributed by atoms with E-state index in [4.69, 9.17) is 0 Å². The van der Waals surface area contributed by atoms with Crippen LogP contribution in [0.25, 0.3) is 10.1 Å². The van der Waals surface area contributed by atoms with Gasteiger partial charge in [-0.2, -0.15) is 0 Å². The van der Waals surface area contributed by atoms with Crippen LogP contribution in [0.3, 0.4) is 0 Å². The number of rotatable bonds is 1. The van der Waals surface area contributed by atoms with E-state index in [1.807, 2.05) is 11.3 Å². The summed E-state index contributed by atoms with van der Waals surface area (Å²) in [5, 5.41) is 5.02. The third-order valence-corrected chi connectivity index (χ3v) is 4.64. The van der Waals surface area contributed by atoms with Crippen molar-refractivity contribution in [1.29, 1.82) is 0 Å². The van der Waals surface area contributed by atoms with E-state index in [9.17, 15) is 0 Å². The van der Waals surface area contributed by atoms with Crippen LogP contribution in [0.15, 0.2) is 24.3 Å². The van der Waals surface area contributed by atoms with Crippen molar-refractivity contribution in [3.8, 4) is 0 Å². The summed E-state index contributed by atoms with van der Waals surface area (Å²) >= 11 is 1.96. The molecule has 0 aliphatic carbocycles. The van der Waals surface area contributed by atoms with Crippen molar-refractivity contribution in [3.05, 3.63) is 34.7 Å². The standard InChI is InChI=1S/C13H15NS/c1-9-10-5-2-3-7-12(10)15-13(9)11-6-4-8-14-11/h2-3,5,7,11,14H,4,6,8H2,1H3. The Kier molecular flexibility index (Phi) is 2.26. The number of hydrogen-bond acceptors (Lipinski definition) is 2. The largest absolute Gasteiger partial charge is 0.309 e. The molecule has 1 aromatic carbocycles. The van der Waals surface area contributed by atoms with Crippen LogP contribution in [0, 0.1) is 6.92 Å². The Morgan fingerprint density at radius 3 is 2.93 bits per heavy atom. The zero-order valence-corrected chi connectivity index (χ0v) is 9.73. The molecule has 1 aliphatic rings. The molecular formula is C13H15NS. The molecular weight excluding hydrogens is 202 g/mol. The van der Waals surface area contributed by atoms with Gasteiger partial charge in [0.05, 0.1) is 0 Å². The molecule has 3 rings (SSSR count). The minimum absolute atomic E-state index is 0.613. The molecule has 1 saturated heterocycles. The average molecular weight is 217 g/mol. The van der Waals surface area contributed by atoms with E-state index in [1.54, 1.807) is 4.88 Å². The summed E-state index contributed by atoms with van der Waals surface area (Å²) < 4.78 is 1.43. The second-order valence-electron chi connectivity index (χ2n) is 4.24. The van der Waals surface area contributed by atoms with Gasteiger partial charge in [-0.15, -0.1) is 11.3 Å². The number of aryl methyl sites for hydroxylation is 1. The Balaban J connectivity index is 2.14. The summed E-state index contributed by atoms with van der Waals surface area (Å²) in [5.41, 5.74) is 1.48. The predicted molar refractivity (Wildman–Crippen MR) is 66.5 cm³/mol. The van der Waals surface area contributed by atoms with Crippen LogP contribution >= 0.6 is 11.3 Å². The summed E-state index contributed by atoms with van der Waals surface area (Å²) in [6.45, 7) is 3.44. The first-order valence-electron chi connectivity index (χ1n) is 5.57. The minimum atomic E-state index is 0.613. The van der Waals surface area contributed by atoms with Crippen LogP contribution < -0.4 is 5.32 Å². The summed E-state index contributed by atoms with van der Waals surface area (Å²) in [6, 6.07) is 9.34. The molecule has 0 amide bonds. The highest BCUT2D eigenvalue weighted by Gasteiger charge is 2.20. The first kappa shape index (κ1) is 9.37.